The second-order valence-electron chi connectivity index (χ2n) is 4.50. The smallest absolute Gasteiger partial charge is 0.326 e. The fourth-order valence-corrected chi connectivity index (χ4v) is 2.64. The summed E-state index contributed by atoms with van der Waals surface area (Å²) < 4.78 is 5.16. The molecule has 6 nitrogen and oxygen atoms in total. The molecule has 0 saturated carbocycles. The summed E-state index contributed by atoms with van der Waals surface area (Å²) in [6, 6.07) is -1.15. The van der Waals surface area contributed by atoms with Crippen molar-refractivity contribution < 1.29 is 19.4 Å². The number of hydrogen-bond acceptors (Lipinski definition) is 4. The second-order valence-corrected chi connectivity index (χ2v) is 5.82. The third-order valence-corrected chi connectivity index (χ3v) is 4.17. The molecule has 2 atom stereocenters. The Hall–Kier alpha value is -0.950. The molecule has 1 aliphatic rings. The lowest BCUT2D eigenvalue weighted by molar-refractivity contribution is -0.140. The van der Waals surface area contributed by atoms with Crippen LogP contribution in [0.5, 0.6) is 0 Å². The van der Waals surface area contributed by atoms with Gasteiger partial charge in [0.05, 0.1) is 13.2 Å². The van der Waals surface area contributed by atoms with Gasteiger partial charge >= 0.3 is 12.0 Å². The van der Waals surface area contributed by atoms with Crippen molar-refractivity contribution in [2.75, 3.05) is 37.8 Å². The lowest BCUT2D eigenvalue weighted by Gasteiger charge is -2.29. The molecule has 0 aromatic rings. The van der Waals surface area contributed by atoms with E-state index in [-0.39, 0.29) is 11.9 Å². The molecule has 0 spiro atoms. The first-order valence-corrected chi connectivity index (χ1v) is 7.65. The first-order chi connectivity index (χ1) is 9.06. The van der Waals surface area contributed by atoms with Crippen molar-refractivity contribution in [2.45, 2.75) is 19.9 Å². The number of hydrogen-bond donors (Lipinski definition) is 2. The van der Waals surface area contributed by atoms with E-state index >= 15 is 0 Å². The summed E-state index contributed by atoms with van der Waals surface area (Å²) in [6.45, 7) is 5.91. The summed E-state index contributed by atoms with van der Waals surface area (Å²) in [6.07, 6.45) is 0. The largest absolute Gasteiger partial charge is 0.480 e. The number of carboxylic acids is 1. The molecule has 2 amide bonds. The normalized spacial score (nSPS) is 18.7. The number of nitrogens with one attached hydrogen (secondary N) is 1. The maximum absolute atomic E-state index is 12.0. The van der Waals surface area contributed by atoms with Crippen molar-refractivity contribution in [3.05, 3.63) is 0 Å². The molecule has 2 N–H and O–H groups in total. The van der Waals surface area contributed by atoms with Crippen LogP contribution in [0.1, 0.15) is 13.8 Å². The van der Waals surface area contributed by atoms with E-state index < -0.39 is 12.0 Å². The first-order valence-electron chi connectivity index (χ1n) is 6.50. The maximum Gasteiger partial charge on any atom is 0.326 e. The summed E-state index contributed by atoms with van der Waals surface area (Å²) in [5.74, 6) is 0.573. The van der Waals surface area contributed by atoms with Gasteiger partial charge in [0.15, 0.2) is 0 Å². The highest BCUT2D eigenvalue weighted by Crippen LogP contribution is 2.13. The Balaban J connectivity index is 2.51. The molecule has 0 bridgehead atoms. The lowest BCUT2D eigenvalue weighted by Crippen LogP contribution is -2.53. The standard InChI is InChI=1S/C12H22N2O4S/c1-3-19-8-9(2)10(11(15)16)13-12(17)14-4-6-18-7-5-14/h9-10H,3-8H2,1-2H3,(H,13,17)(H,15,16). The zero-order valence-corrected chi connectivity index (χ0v) is 12.2. The van der Waals surface area contributed by atoms with Gasteiger partial charge in [0.1, 0.15) is 6.04 Å². The van der Waals surface area contributed by atoms with Gasteiger partial charge < -0.3 is 20.1 Å². The number of carboxylic acid groups (broad SMARTS) is 1. The quantitative estimate of drug-likeness (QED) is 0.759. The van der Waals surface area contributed by atoms with Crippen molar-refractivity contribution in [2.24, 2.45) is 5.92 Å². The number of ether oxygens (including phenoxy) is 1. The average molecular weight is 290 g/mol. The predicted octanol–water partition coefficient (Wildman–Crippen LogP) is 0.871. The maximum atomic E-state index is 12.0. The van der Waals surface area contributed by atoms with Crippen LogP contribution in [0.2, 0.25) is 0 Å². The van der Waals surface area contributed by atoms with Gasteiger partial charge in [0, 0.05) is 13.1 Å². The number of aliphatic carboxylic acids is 1. The molecule has 110 valence electrons. The molecule has 0 aliphatic carbocycles. The number of thioether (sulfide) groups is 1. The van der Waals surface area contributed by atoms with Gasteiger partial charge in [-0.05, 0) is 17.4 Å². The van der Waals surface area contributed by atoms with Gasteiger partial charge in [0.2, 0.25) is 0 Å². The van der Waals surface area contributed by atoms with Gasteiger partial charge in [-0.3, -0.25) is 0 Å². The monoisotopic (exact) mass is 290 g/mol. The number of urea groups is 1. The van der Waals surface area contributed by atoms with Gasteiger partial charge in [-0.2, -0.15) is 11.8 Å². The average Bonchev–Trinajstić information content (AvgIpc) is 2.42. The zero-order chi connectivity index (χ0) is 14.3. The third-order valence-electron chi connectivity index (χ3n) is 3.00. The van der Waals surface area contributed by atoms with Crippen LogP contribution < -0.4 is 5.32 Å². The highest BCUT2D eigenvalue weighted by Gasteiger charge is 2.28. The summed E-state index contributed by atoms with van der Waals surface area (Å²) in [4.78, 5) is 24.8. The minimum Gasteiger partial charge on any atom is -0.480 e. The van der Waals surface area contributed by atoms with Crippen LogP contribution in [0, 0.1) is 5.92 Å². The molecular weight excluding hydrogens is 268 g/mol. The minimum atomic E-state index is -0.981. The van der Waals surface area contributed by atoms with Crippen LogP contribution in [0.15, 0.2) is 0 Å². The Bertz CT molecular complexity index is 308. The number of morpholine rings is 1. The van der Waals surface area contributed by atoms with Crippen molar-refractivity contribution in [1.82, 2.24) is 10.2 Å². The van der Waals surface area contributed by atoms with Crippen LogP contribution in [0.25, 0.3) is 0 Å². The minimum absolute atomic E-state index is 0.104. The Kier molecular flexibility index (Phi) is 7.01. The Morgan fingerprint density at radius 2 is 2.05 bits per heavy atom. The molecule has 0 aromatic heterocycles. The highest BCUT2D eigenvalue weighted by molar-refractivity contribution is 7.99. The fraction of sp³-hybridized carbons (Fsp3) is 0.833. The summed E-state index contributed by atoms with van der Waals surface area (Å²) in [7, 11) is 0. The fourth-order valence-electron chi connectivity index (χ4n) is 1.84. The lowest BCUT2D eigenvalue weighted by atomic mass is 10.0. The van der Waals surface area contributed by atoms with Gasteiger partial charge in [0.25, 0.3) is 0 Å². The first kappa shape index (κ1) is 16.1. The summed E-state index contributed by atoms with van der Waals surface area (Å²) in [5.41, 5.74) is 0. The topological polar surface area (TPSA) is 78.9 Å². The molecule has 1 rings (SSSR count). The van der Waals surface area contributed by atoms with E-state index in [1.807, 2.05) is 13.8 Å². The van der Waals surface area contributed by atoms with E-state index in [1.54, 1.807) is 16.7 Å². The number of nitrogens with zero attached hydrogens (tertiary/aromatic N) is 1. The third kappa shape index (κ3) is 5.28. The van der Waals surface area contributed by atoms with Gasteiger partial charge in [-0.15, -0.1) is 0 Å². The molecule has 1 saturated heterocycles. The Morgan fingerprint density at radius 3 is 2.58 bits per heavy atom. The summed E-state index contributed by atoms with van der Waals surface area (Å²) >= 11 is 1.68. The van der Waals surface area contributed by atoms with Crippen LogP contribution in [-0.4, -0.2) is 65.9 Å². The molecule has 1 heterocycles. The molecule has 7 heteroatoms. The van der Waals surface area contributed by atoms with Crippen molar-refractivity contribution >= 4 is 23.8 Å². The van der Waals surface area contributed by atoms with E-state index in [0.29, 0.717) is 26.3 Å². The number of amides is 2. The summed E-state index contributed by atoms with van der Waals surface area (Å²) in [5, 5.41) is 11.8. The van der Waals surface area contributed by atoms with Crippen LogP contribution >= 0.6 is 11.8 Å². The molecular formula is C12H22N2O4S. The van der Waals surface area contributed by atoms with Gasteiger partial charge in [-0.25, -0.2) is 9.59 Å². The van der Waals surface area contributed by atoms with E-state index in [2.05, 4.69) is 5.32 Å². The van der Waals surface area contributed by atoms with Crippen molar-refractivity contribution in [3.63, 3.8) is 0 Å². The van der Waals surface area contributed by atoms with Gasteiger partial charge in [-0.1, -0.05) is 13.8 Å². The van der Waals surface area contributed by atoms with Crippen molar-refractivity contribution in [3.8, 4) is 0 Å². The Morgan fingerprint density at radius 1 is 1.42 bits per heavy atom. The molecule has 2 unspecified atom stereocenters. The Labute approximate surface area is 117 Å². The van der Waals surface area contributed by atoms with E-state index in [0.717, 1.165) is 11.5 Å². The van der Waals surface area contributed by atoms with Crippen LogP contribution in [0.4, 0.5) is 4.79 Å². The van der Waals surface area contributed by atoms with Crippen LogP contribution in [0.3, 0.4) is 0 Å². The molecule has 19 heavy (non-hydrogen) atoms. The number of rotatable bonds is 6. The van der Waals surface area contributed by atoms with E-state index in [4.69, 9.17) is 4.74 Å². The van der Waals surface area contributed by atoms with Crippen LogP contribution in [-0.2, 0) is 9.53 Å². The van der Waals surface area contributed by atoms with E-state index in [9.17, 15) is 14.7 Å². The highest BCUT2D eigenvalue weighted by atomic mass is 32.2. The number of carbonyl (C=O) groups is 2. The molecule has 1 fully saturated rings. The SMILES string of the molecule is CCSCC(C)C(NC(=O)N1CCOCC1)C(=O)O. The predicted molar refractivity (Wildman–Crippen MR) is 74.5 cm³/mol. The molecule has 1 aliphatic heterocycles. The molecule has 0 radical (unpaired) electrons. The zero-order valence-electron chi connectivity index (χ0n) is 11.4. The van der Waals surface area contributed by atoms with E-state index in [1.165, 1.54) is 0 Å². The number of carbonyl (C=O) groups excluding carboxylic acids is 1. The molecule has 0 aromatic carbocycles. The second kappa shape index (κ2) is 8.27. The van der Waals surface area contributed by atoms with Crippen molar-refractivity contribution in [1.29, 1.82) is 0 Å².